The van der Waals surface area contributed by atoms with Crippen molar-refractivity contribution in [3.05, 3.63) is 34.9 Å². The first-order chi connectivity index (χ1) is 19.5. The maximum absolute atomic E-state index is 13.9. The Morgan fingerprint density at radius 1 is 0.952 bits per heavy atom. The molecule has 0 radical (unpaired) electrons. The fraction of sp³-hybridized carbons (Fsp3) is 0.645. The van der Waals surface area contributed by atoms with Gasteiger partial charge in [0.25, 0.3) is 5.91 Å². The third-order valence-electron chi connectivity index (χ3n) is 7.49. The van der Waals surface area contributed by atoms with E-state index in [9.17, 15) is 24.0 Å². The van der Waals surface area contributed by atoms with E-state index in [4.69, 9.17) is 11.6 Å². The topological polar surface area (TPSA) is 137 Å². The number of nitrogens with zero attached hydrogens (tertiary/aromatic N) is 1. The molecule has 232 valence electrons. The number of likely N-dealkylation sites (tertiary alicyclic amines) is 1. The van der Waals surface area contributed by atoms with Gasteiger partial charge >= 0.3 is 6.03 Å². The molecule has 2 aliphatic rings. The minimum atomic E-state index is -0.957. The Morgan fingerprint density at radius 2 is 1.57 bits per heavy atom. The largest absolute Gasteiger partial charge is 0.347 e. The molecule has 0 unspecified atom stereocenters. The summed E-state index contributed by atoms with van der Waals surface area (Å²) in [5.41, 5.74) is -0.283. The maximum atomic E-state index is 13.9. The highest BCUT2D eigenvalue weighted by atomic mass is 35.5. The van der Waals surface area contributed by atoms with Gasteiger partial charge in [-0.3, -0.25) is 19.2 Å². The first-order valence-electron chi connectivity index (χ1n) is 14.8. The van der Waals surface area contributed by atoms with Crippen molar-refractivity contribution in [2.45, 2.75) is 104 Å². The Hall–Kier alpha value is -3.14. The second kappa shape index (κ2) is 13.4. The molecule has 10 nitrogen and oxygen atoms in total. The maximum Gasteiger partial charge on any atom is 0.315 e. The van der Waals surface area contributed by atoms with Gasteiger partial charge in [0, 0.05) is 35.6 Å². The number of rotatable bonds is 10. The van der Waals surface area contributed by atoms with E-state index >= 15 is 0 Å². The number of carbonyl (C=O) groups is 5. The molecule has 2 fully saturated rings. The van der Waals surface area contributed by atoms with E-state index in [1.165, 1.54) is 0 Å². The molecule has 4 N–H and O–H groups in total. The molecule has 1 saturated heterocycles. The van der Waals surface area contributed by atoms with Crippen LogP contribution in [0.5, 0.6) is 0 Å². The number of benzene rings is 1. The van der Waals surface area contributed by atoms with E-state index in [0.29, 0.717) is 17.9 Å². The lowest BCUT2D eigenvalue weighted by Gasteiger charge is -2.34. The molecule has 1 aliphatic carbocycles. The zero-order chi connectivity index (χ0) is 31.4. The number of nitrogens with one attached hydrogen (secondary N) is 4. The van der Waals surface area contributed by atoms with Gasteiger partial charge in [0.2, 0.25) is 17.6 Å². The third-order valence-corrected chi connectivity index (χ3v) is 7.74. The monoisotopic (exact) mass is 603 g/mol. The minimum Gasteiger partial charge on any atom is -0.347 e. The fourth-order valence-corrected chi connectivity index (χ4v) is 5.24. The average molecular weight is 604 g/mol. The van der Waals surface area contributed by atoms with Gasteiger partial charge < -0.3 is 26.2 Å². The minimum absolute atomic E-state index is 0.0259. The number of ketones is 1. The zero-order valence-corrected chi connectivity index (χ0v) is 26.6. The molecule has 0 bridgehead atoms. The molecular weight excluding hydrogens is 558 g/mol. The zero-order valence-electron chi connectivity index (χ0n) is 25.8. The molecular formula is C31H46ClN5O5. The van der Waals surface area contributed by atoms with Crippen LogP contribution in [0.3, 0.4) is 0 Å². The highest BCUT2D eigenvalue weighted by Gasteiger charge is 2.45. The molecule has 5 amide bonds. The van der Waals surface area contributed by atoms with Gasteiger partial charge in [0.1, 0.15) is 6.04 Å². The number of urea groups is 1. The van der Waals surface area contributed by atoms with Gasteiger partial charge in [-0.15, -0.1) is 0 Å². The predicted molar refractivity (Wildman–Crippen MR) is 162 cm³/mol. The summed E-state index contributed by atoms with van der Waals surface area (Å²) in [4.78, 5) is 67.5. The lowest BCUT2D eigenvalue weighted by molar-refractivity contribution is -0.140. The molecule has 3 rings (SSSR count). The second-order valence-corrected chi connectivity index (χ2v) is 14.1. The van der Waals surface area contributed by atoms with Crippen molar-refractivity contribution < 1.29 is 24.0 Å². The van der Waals surface area contributed by atoms with Crippen molar-refractivity contribution in [2.75, 3.05) is 13.1 Å². The molecule has 42 heavy (non-hydrogen) atoms. The van der Waals surface area contributed by atoms with E-state index in [1.807, 2.05) is 60.6 Å². The molecule has 4 atom stereocenters. The van der Waals surface area contributed by atoms with Gasteiger partial charge in [0.05, 0.1) is 12.0 Å². The normalized spacial score (nSPS) is 20.3. The van der Waals surface area contributed by atoms with Crippen LogP contribution >= 0.6 is 11.6 Å². The summed E-state index contributed by atoms with van der Waals surface area (Å²) >= 11 is 6.13. The van der Waals surface area contributed by atoms with E-state index in [2.05, 4.69) is 21.3 Å². The summed E-state index contributed by atoms with van der Waals surface area (Å²) in [5.74, 6) is -3.10. The quantitative estimate of drug-likeness (QED) is 0.303. The molecule has 1 aromatic carbocycles. The van der Waals surface area contributed by atoms with Crippen LogP contribution in [0.15, 0.2) is 24.3 Å². The fourth-order valence-electron chi connectivity index (χ4n) is 5.11. The number of amides is 5. The second-order valence-electron chi connectivity index (χ2n) is 13.6. The third kappa shape index (κ3) is 9.18. The number of halogens is 1. The van der Waals surface area contributed by atoms with Crippen molar-refractivity contribution in [3.8, 4) is 0 Å². The van der Waals surface area contributed by atoms with Crippen molar-refractivity contribution >= 4 is 41.1 Å². The van der Waals surface area contributed by atoms with Crippen molar-refractivity contribution in [2.24, 2.45) is 11.3 Å². The van der Waals surface area contributed by atoms with Crippen molar-refractivity contribution in [1.82, 2.24) is 26.2 Å². The number of Topliss-reactive ketones (excluding diaryl/α,β-unsaturated/α-hetero) is 1. The predicted octanol–water partition coefficient (Wildman–Crippen LogP) is 3.53. The number of carbonyl (C=O) groups excluding carboxylic acids is 5. The van der Waals surface area contributed by atoms with E-state index < -0.39 is 52.6 Å². The van der Waals surface area contributed by atoms with Gasteiger partial charge in [0.15, 0.2) is 0 Å². The Kier molecular flexibility index (Phi) is 10.7. The summed E-state index contributed by atoms with van der Waals surface area (Å²) in [5, 5.41) is 11.8. The van der Waals surface area contributed by atoms with Gasteiger partial charge in [-0.1, -0.05) is 57.8 Å². The first kappa shape index (κ1) is 33.4. The Bertz CT molecular complexity index is 1170. The lowest BCUT2D eigenvalue weighted by Crippen LogP contribution is -2.58. The molecule has 1 saturated carbocycles. The molecule has 1 aliphatic heterocycles. The van der Waals surface area contributed by atoms with Crippen LogP contribution in [0.25, 0.3) is 0 Å². The van der Waals surface area contributed by atoms with Crippen molar-refractivity contribution in [1.29, 1.82) is 0 Å². The Balaban J connectivity index is 1.85. The van der Waals surface area contributed by atoms with Crippen LogP contribution in [0.2, 0.25) is 5.02 Å². The molecule has 1 heterocycles. The highest BCUT2D eigenvalue weighted by Crippen LogP contribution is 2.35. The summed E-state index contributed by atoms with van der Waals surface area (Å²) < 4.78 is 0. The summed E-state index contributed by atoms with van der Waals surface area (Å²) in [6.07, 6.45) is 2.61. The van der Waals surface area contributed by atoms with E-state index in [-0.39, 0.29) is 31.0 Å². The van der Waals surface area contributed by atoms with Crippen LogP contribution < -0.4 is 21.3 Å². The standard InChI is InChI=1S/C31H46ClN5O5/c1-8-9-23(24(38)27(40)33-20-14-15-20)34-26(39)22-17-37(16-21(22)18-10-12-19(32)13-11-18)28(41)25(30(2,3)4)35-29(42)36-31(5,6)7/h10-13,20-23,25H,8-9,14-17H2,1-7H3,(H,33,40)(H,34,39)(H2,35,36,42)/t21-,22+,23-,25+/m0/s1. The van der Waals surface area contributed by atoms with Crippen LogP contribution in [-0.2, 0) is 19.2 Å². The van der Waals surface area contributed by atoms with Crippen LogP contribution in [0, 0.1) is 11.3 Å². The van der Waals surface area contributed by atoms with E-state index in [1.54, 1.807) is 17.0 Å². The van der Waals surface area contributed by atoms with E-state index in [0.717, 1.165) is 18.4 Å². The van der Waals surface area contributed by atoms with Gasteiger partial charge in [-0.25, -0.2) is 4.79 Å². The van der Waals surface area contributed by atoms with Crippen LogP contribution in [0.4, 0.5) is 4.79 Å². The van der Waals surface area contributed by atoms with Crippen molar-refractivity contribution in [3.63, 3.8) is 0 Å². The SMILES string of the molecule is CCC[C@H](NC(=O)[C@@H]1CN(C(=O)[C@@H](NC(=O)NC(C)(C)C)C(C)(C)C)C[C@H]1c1ccc(Cl)cc1)C(=O)C(=O)NC1CC1. The van der Waals surface area contributed by atoms with Gasteiger partial charge in [-0.2, -0.15) is 0 Å². The Labute approximate surface area is 254 Å². The summed E-state index contributed by atoms with van der Waals surface area (Å²) in [6.45, 7) is 13.4. The summed E-state index contributed by atoms with van der Waals surface area (Å²) in [6, 6.07) is 4.89. The summed E-state index contributed by atoms with van der Waals surface area (Å²) in [7, 11) is 0. The molecule has 0 spiro atoms. The smallest absolute Gasteiger partial charge is 0.315 e. The number of hydrogen-bond donors (Lipinski definition) is 4. The highest BCUT2D eigenvalue weighted by molar-refractivity contribution is 6.38. The van der Waals surface area contributed by atoms with Gasteiger partial charge in [-0.05, 0) is 63.1 Å². The average Bonchev–Trinajstić information content (AvgIpc) is 3.58. The molecule has 0 aromatic heterocycles. The lowest BCUT2D eigenvalue weighted by atomic mass is 9.85. The molecule has 1 aromatic rings. The van der Waals surface area contributed by atoms with Crippen LogP contribution in [-0.4, -0.2) is 71.2 Å². The Morgan fingerprint density at radius 3 is 2.10 bits per heavy atom. The van der Waals surface area contributed by atoms with Crippen LogP contribution in [0.1, 0.15) is 85.6 Å². The number of hydrogen-bond acceptors (Lipinski definition) is 5. The molecule has 11 heteroatoms. The first-order valence-corrected chi connectivity index (χ1v) is 15.2.